The molecule has 7 heteroatoms. The first-order valence-corrected chi connectivity index (χ1v) is 7.20. The maximum Gasteiger partial charge on any atom is 0.220 e. The quantitative estimate of drug-likeness (QED) is 0.792. The molecule has 3 heterocycles. The molecule has 2 aromatic heterocycles. The number of carbonyl (C=O) groups excluding carboxylic acids is 1. The van der Waals surface area contributed by atoms with Gasteiger partial charge in [-0.05, 0) is 24.0 Å². The number of nitrogens with zero attached hydrogens (tertiary/aromatic N) is 2. The maximum atomic E-state index is 11.2. The normalized spacial score (nSPS) is 18.0. The van der Waals surface area contributed by atoms with Gasteiger partial charge in [0.05, 0.1) is 5.56 Å². The van der Waals surface area contributed by atoms with Gasteiger partial charge in [-0.2, -0.15) is 4.37 Å². The van der Waals surface area contributed by atoms with Crippen LogP contribution in [-0.4, -0.2) is 27.9 Å². The van der Waals surface area contributed by atoms with Gasteiger partial charge in [0.2, 0.25) is 5.91 Å². The third-order valence-corrected chi connectivity index (χ3v) is 4.08. The lowest BCUT2D eigenvalue weighted by atomic mass is 10.1. The fourth-order valence-electron chi connectivity index (χ4n) is 2.26. The molecule has 104 valence electrons. The highest BCUT2D eigenvalue weighted by molar-refractivity contribution is 7.11. The number of pyridine rings is 1. The second kappa shape index (κ2) is 5.46. The molecule has 0 spiro atoms. The van der Waals surface area contributed by atoms with Crippen molar-refractivity contribution in [2.75, 3.05) is 17.6 Å². The van der Waals surface area contributed by atoms with Crippen LogP contribution < -0.4 is 16.4 Å². The van der Waals surface area contributed by atoms with Crippen LogP contribution in [0.1, 0.15) is 12.8 Å². The molecule has 1 atom stereocenters. The van der Waals surface area contributed by atoms with Gasteiger partial charge >= 0.3 is 0 Å². The molecule has 0 radical (unpaired) electrons. The third-order valence-electron chi connectivity index (χ3n) is 3.26. The maximum absolute atomic E-state index is 11.2. The average molecular weight is 289 g/mol. The van der Waals surface area contributed by atoms with Crippen LogP contribution in [0.3, 0.4) is 0 Å². The standard InChI is InChI=1S/C13H15N5OS/c14-12-11(8-2-1-5-15-6-8)13(20-18-12)16-7-9-3-4-10(19)17-9/h1-2,5-6,9,16H,3-4,7H2,(H2,14,18)(H,17,19). The molecule has 1 fully saturated rings. The summed E-state index contributed by atoms with van der Waals surface area (Å²) >= 11 is 1.33. The molecule has 20 heavy (non-hydrogen) atoms. The molecule has 3 rings (SSSR count). The summed E-state index contributed by atoms with van der Waals surface area (Å²) in [6.07, 6.45) is 4.96. The first kappa shape index (κ1) is 12.9. The highest BCUT2D eigenvalue weighted by Crippen LogP contribution is 2.36. The van der Waals surface area contributed by atoms with Crippen molar-refractivity contribution in [2.24, 2.45) is 0 Å². The Hall–Kier alpha value is -2.15. The SMILES string of the molecule is Nc1nsc(NCC2CCC(=O)N2)c1-c1cccnc1. The van der Waals surface area contributed by atoms with E-state index in [9.17, 15) is 4.79 Å². The van der Waals surface area contributed by atoms with Gasteiger partial charge in [0.25, 0.3) is 0 Å². The molecular weight excluding hydrogens is 274 g/mol. The Morgan fingerprint density at radius 2 is 2.45 bits per heavy atom. The number of hydrogen-bond donors (Lipinski definition) is 3. The van der Waals surface area contributed by atoms with Gasteiger partial charge in [-0.3, -0.25) is 9.78 Å². The van der Waals surface area contributed by atoms with Crippen LogP contribution in [0.2, 0.25) is 0 Å². The molecular formula is C13H15N5OS. The number of nitrogens with two attached hydrogens (primary N) is 1. The third kappa shape index (κ3) is 2.57. The predicted octanol–water partition coefficient (Wildman–Crippen LogP) is 1.48. The Bertz CT molecular complexity index is 612. The summed E-state index contributed by atoms with van der Waals surface area (Å²) in [4.78, 5) is 15.3. The lowest BCUT2D eigenvalue weighted by Gasteiger charge is -2.12. The minimum atomic E-state index is 0.119. The zero-order chi connectivity index (χ0) is 13.9. The Morgan fingerprint density at radius 3 is 3.15 bits per heavy atom. The molecule has 1 unspecified atom stereocenters. The number of aromatic nitrogens is 2. The Kier molecular flexibility index (Phi) is 3.51. The number of rotatable bonds is 4. The van der Waals surface area contributed by atoms with E-state index in [-0.39, 0.29) is 11.9 Å². The first-order valence-electron chi connectivity index (χ1n) is 6.43. The number of anilines is 2. The molecule has 1 amide bonds. The summed E-state index contributed by atoms with van der Waals surface area (Å²) < 4.78 is 4.19. The van der Waals surface area contributed by atoms with Crippen molar-refractivity contribution >= 4 is 28.3 Å². The van der Waals surface area contributed by atoms with Crippen LogP contribution in [0.5, 0.6) is 0 Å². The topological polar surface area (TPSA) is 92.9 Å². The predicted molar refractivity (Wildman–Crippen MR) is 79.4 cm³/mol. The molecule has 2 aromatic rings. The van der Waals surface area contributed by atoms with Crippen LogP contribution in [0.15, 0.2) is 24.5 Å². The molecule has 6 nitrogen and oxygen atoms in total. The van der Waals surface area contributed by atoms with Gasteiger partial charge in [-0.25, -0.2) is 0 Å². The zero-order valence-electron chi connectivity index (χ0n) is 10.8. The smallest absolute Gasteiger partial charge is 0.220 e. The van der Waals surface area contributed by atoms with E-state index in [1.54, 1.807) is 12.4 Å². The van der Waals surface area contributed by atoms with Crippen LogP contribution in [0.25, 0.3) is 11.1 Å². The average Bonchev–Trinajstić information content (AvgIpc) is 3.03. The lowest BCUT2D eigenvalue weighted by Crippen LogP contribution is -2.31. The van der Waals surface area contributed by atoms with Crippen molar-refractivity contribution in [1.82, 2.24) is 14.7 Å². The van der Waals surface area contributed by atoms with E-state index in [1.165, 1.54) is 11.5 Å². The van der Waals surface area contributed by atoms with Gasteiger partial charge in [0.15, 0.2) is 0 Å². The summed E-state index contributed by atoms with van der Waals surface area (Å²) in [6.45, 7) is 0.681. The van der Waals surface area contributed by atoms with Crippen molar-refractivity contribution in [3.8, 4) is 11.1 Å². The van der Waals surface area contributed by atoms with Crippen molar-refractivity contribution < 1.29 is 4.79 Å². The molecule has 0 saturated carbocycles. The second-order valence-electron chi connectivity index (χ2n) is 4.70. The summed E-state index contributed by atoms with van der Waals surface area (Å²) in [5.41, 5.74) is 7.76. The van der Waals surface area contributed by atoms with E-state index in [0.717, 1.165) is 22.5 Å². The first-order chi connectivity index (χ1) is 9.74. The fraction of sp³-hybridized carbons (Fsp3) is 0.308. The fourth-order valence-corrected chi connectivity index (χ4v) is 3.00. The molecule has 1 saturated heterocycles. The number of nitrogen functional groups attached to an aromatic ring is 1. The Morgan fingerprint density at radius 1 is 1.55 bits per heavy atom. The summed E-state index contributed by atoms with van der Waals surface area (Å²) in [7, 11) is 0. The van der Waals surface area contributed by atoms with Crippen LogP contribution in [-0.2, 0) is 4.79 Å². The summed E-state index contributed by atoms with van der Waals surface area (Å²) in [5, 5.41) is 7.17. The summed E-state index contributed by atoms with van der Waals surface area (Å²) in [6, 6.07) is 4.00. The van der Waals surface area contributed by atoms with E-state index >= 15 is 0 Å². The number of amides is 1. The van der Waals surface area contributed by atoms with Crippen LogP contribution in [0.4, 0.5) is 10.8 Å². The van der Waals surface area contributed by atoms with E-state index < -0.39 is 0 Å². The lowest BCUT2D eigenvalue weighted by molar-refractivity contribution is -0.119. The largest absolute Gasteiger partial charge is 0.382 e. The molecule has 1 aliphatic heterocycles. The van der Waals surface area contributed by atoms with Gasteiger partial charge in [0, 0.05) is 37.0 Å². The van der Waals surface area contributed by atoms with Crippen molar-refractivity contribution in [3.05, 3.63) is 24.5 Å². The monoisotopic (exact) mass is 289 g/mol. The van der Waals surface area contributed by atoms with E-state index in [0.29, 0.717) is 18.8 Å². The van der Waals surface area contributed by atoms with Crippen LogP contribution >= 0.6 is 11.5 Å². The highest BCUT2D eigenvalue weighted by Gasteiger charge is 2.21. The minimum Gasteiger partial charge on any atom is -0.382 e. The van der Waals surface area contributed by atoms with Crippen molar-refractivity contribution in [1.29, 1.82) is 0 Å². The van der Waals surface area contributed by atoms with Crippen molar-refractivity contribution in [3.63, 3.8) is 0 Å². The number of carbonyl (C=O) groups is 1. The zero-order valence-corrected chi connectivity index (χ0v) is 11.6. The summed E-state index contributed by atoms with van der Waals surface area (Å²) in [5.74, 6) is 0.619. The molecule has 0 bridgehead atoms. The van der Waals surface area contributed by atoms with Crippen molar-refractivity contribution in [2.45, 2.75) is 18.9 Å². The highest BCUT2D eigenvalue weighted by atomic mass is 32.1. The molecule has 4 N–H and O–H groups in total. The Labute approximate surface area is 120 Å². The van der Waals surface area contributed by atoms with Gasteiger partial charge in [0.1, 0.15) is 10.8 Å². The van der Waals surface area contributed by atoms with Crippen LogP contribution in [0, 0.1) is 0 Å². The number of hydrogen-bond acceptors (Lipinski definition) is 6. The molecule has 0 aliphatic carbocycles. The second-order valence-corrected chi connectivity index (χ2v) is 5.47. The molecule has 1 aliphatic rings. The van der Waals surface area contributed by atoms with E-state index in [2.05, 4.69) is 20.0 Å². The van der Waals surface area contributed by atoms with E-state index in [4.69, 9.17) is 5.73 Å². The van der Waals surface area contributed by atoms with Gasteiger partial charge < -0.3 is 16.4 Å². The Balaban J connectivity index is 1.76. The van der Waals surface area contributed by atoms with E-state index in [1.807, 2.05) is 12.1 Å². The molecule has 0 aromatic carbocycles. The van der Waals surface area contributed by atoms with Gasteiger partial charge in [-0.15, -0.1) is 0 Å². The minimum absolute atomic E-state index is 0.119. The van der Waals surface area contributed by atoms with Gasteiger partial charge in [-0.1, -0.05) is 6.07 Å². The number of nitrogens with one attached hydrogen (secondary N) is 2.